The first-order valence-electron chi connectivity index (χ1n) is 17.1. The van der Waals surface area contributed by atoms with Crippen LogP contribution in [0.15, 0.2) is 82.0 Å². The predicted molar refractivity (Wildman–Crippen MR) is 207 cm³/mol. The van der Waals surface area contributed by atoms with Gasteiger partial charge in [0.15, 0.2) is 0 Å². The van der Waals surface area contributed by atoms with E-state index in [1.807, 2.05) is 12.4 Å². The molecule has 2 fully saturated rings. The highest BCUT2D eigenvalue weighted by Crippen LogP contribution is 2.41. The summed E-state index contributed by atoms with van der Waals surface area (Å²) in [4.78, 5) is 19.5. The molecule has 0 spiro atoms. The summed E-state index contributed by atoms with van der Waals surface area (Å²) in [6, 6.07) is 21.9. The van der Waals surface area contributed by atoms with Crippen LogP contribution in [0.25, 0.3) is 23.3 Å². The van der Waals surface area contributed by atoms with Crippen LogP contribution in [-0.4, -0.2) is 108 Å². The van der Waals surface area contributed by atoms with Crippen LogP contribution in [0, 0.1) is 0 Å². The quantitative estimate of drug-likeness (QED) is 0.239. The highest BCUT2D eigenvalue weighted by molar-refractivity contribution is 9.10. The van der Waals surface area contributed by atoms with Crippen molar-refractivity contribution in [2.75, 3.05) is 73.1 Å². The molecule has 1 N–H and O–H groups in total. The summed E-state index contributed by atoms with van der Waals surface area (Å²) in [5, 5.41) is 9.98. The molecule has 8 rings (SSSR count). The van der Waals surface area contributed by atoms with Crippen molar-refractivity contribution in [3.63, 3.8) is 0 Å². The standard InChI is InChI=1S/C20H22BrN3O.C20H22BrN3/c1-23-6-8-24(9-7-23)20-17-5-3-2-4-14(17)10-15(13-25)18-11-16(21)12-22-19(18)20;1-14-11-15-5-3-4-6-17(15)20(24-9-7-23(2)8-10-24)19-18(14)12-16(21)13-22-19/h2-5,10-12,20,25H,6-9,13H2,1H3;3-6,11-13,20H,7-10H2,1-2H3. The number of piperazine rings is 2. The molecule has 2 aromatic carbocycles. The Kier molecular flexibility index (Phi) is 10.6. The van der Waals surface area contributed by atoms with Crippen molar-refractivity contribution in [3.05, 3.63) is 127 Å². The van der Waals surface area contributed by atoms with E-state index in [0.29, 0.717) is 0 Å². The van der Waals surface area contributed by atoms with E-state index >= 15 is 0 Å². The predicted octanol–water partition coefficient (Wildman–Crippen LogP) is 7.08. The number of hydrogen-bond acceptors (Lipinski definition) is 7. The Balaban J connectivity index is 0.000000154. The molecule has 0 bridgehead atoms. The van der Waals surface area contributed by atoms with E-state index in [9.17, 15) is 5.11 Å². The number of aromatic nitrogens is 2. The van der Waals surface area contributed by atoms with Gasteiger partial charge in [-0.2, -0.15) is 0 Å². The molecule has 4 aromatic rings. The van der Waals surface area contributed by atoms with E-state index in [1.165, 1.54) is 39.1 Å². The van der Waals surface area contributed by atoms with E-state index in [2.05, 4.69) is 145 Å². The molecule has 7 nitrogen and oxygen atoms in total. The molecule has 2 atom stereocenters. The number of rotatable bonds is 3. The molecule has 4 heterocycles. The fourth-order valence-corrected chi connectivity index (χ4v) is 8.26. The Hall–Kier alpha value is -3.02. The van der Waals surface area contributed by atoms with Crippen LogP contribution in [0.2, 0.25) is 0 Å². The summed E-state index contributed by atoms with van der Waals surface area (Å²) in [6.45, 7) is 10.7. The van der Waals surface area contributed by atoms with Gasteiger partial charge in [0.2, 0.25) is 0 Å². The van der Waals surface area contributed by atoms with Crippen LogP contribution >= 0.6 is 31.9 Å². The fourth-order valence-electron chi connectivity index (χ4n) is 7.59. The largest absolute Gasteiger partial charge is 0.392 e. The minimum absolute atomic E-state index is 0.00885. The van der Waals surface area contributed by atoms with Crippen molar-refractivity contribution >= 4 is 55.2 Å². The molecule has 0 saturated carbocycles. The molecule has 2 aliphatic carbocycles. The molecule has 2 aromatic heterocycles. The van der Waals surface area contributed by atoms with Crippen molar-refractivity contribution in [3.8, 4) is 0 Å². The van der Waals surface area contributed by atoms with Gasteiger partial charge in [-0.3, -0.25) is 19.8 Å². The normalized spacial score (nSPS) is 21.4. The van der Waals surface area contributed by atoms with Gasteiger partial charge < -0.3 is 14.9 Å². The second kappa shape index (κ2) is 15.1. The third kappa shape index (κ3) is 7.26. The number of aliphatic hydroxyl groups is 1. The minimum atomic E-state index is 0.00885. The molecule has 49 heavy (non-hydrogen) atoms. The van der Waals surface area contributed by atoms with E-state index in [-0.39, 0.29) is 18.7 Å². The first-order valence-corrected chi connectivity index (χ1v) is 18.7. The number of halogens is 2. The first kappa shape index (κ1) is 34.4. The fraction of sp³-hybridized carbons (Fsp3) is 0.350. The lowest BCUT2D eigenvalue weighted by atomic mass is 9.95. The van der Waals surface area contributed by atoms with Crippen molar-refractivity contribution in [2.24, 2.45) is 0 Å². The molecule has 2 aliphatic heterocycles. The first-order chi connectivity index (χ1) is 23.8. The van der Waals surface area contributed by atoms with Gasteiger partial charge in [-0.1, -0.05) is 54.6 Å². The molecule has 9 heteroatoms. The Morgan fingerprint density at radius 2 is 1.10 bits per heavy atom. The number of fused-ring (bicyclic) bond motifs is 4. The van der Waals surface area contributed by atoms with Gasteiger partial charge in [-0.15, -0.1) is 0 Å². The summed E-state index contributed by atoms with van der Waals surface area (Å²) >= 11 is 7.13. The molecule has 2 saturated heterocycles. The van der Waals surface area contributed by atoms with Crippen LogP contribution in [-0.2, 0) is 0 Å². The monoisotopic (exact) mass is 782 g/mol. The van der Waals surface area contributed by atoms with Crippen molar-refractivity contribution < 1.29 is 5.11 Å². The summed E-state index contributed by atoms with van der Waals surface area (Å²) in [5.41, 5.74) is 11.8. The van der Waals surface area contributed by atoms with E-state index in [4.69, 9.17) is 9.97 Å². The Morgan fingerprint density at radius 3 is 1.61 bits per heavy atom. The summed E-state index contributed by atoms with van der Waals surface area (Å²) in [7, 11) is 4.38. The van der Waals surface area contributed by atoms with Gasteiger partial charge in [-0.25, -0.2) is 0 Å². The van der Waals surface area contributed by atoms with E-state index < -0.39 is 0 Å². The van der Waals surface area contributed by atoms with Gasteiger partial charge >= 0.3 is 0 Å². The number of aliphatic hydroxyl groups excluding tert-OH is 1. The molecular formula is C40H44Br2N6O. The smallest absolute Gasteiger partial charge is 0.0789 e. The highest BCUT2D eigenvalue weighted by Gasteiger charge is 2.33. The zero-order chi connectivity index (χ0) is 34.1. The van der Waals surface area contributed by atoms with Gasteiger partial charge in [0.25, 0.3) is 0 Å². The zero-order valence-corrected chi connectivity index (χ0v) is 31.7. The van der Waals surface area contributed by atoms with Crippen LogP contribution in [0.5, 0.6) is 0 Å². The maximum Gasteiger partial charge on any atom is 0.0789 e. The minimum Gasteiger partial charge on any atom is -0.392 e. The van der Waals surface area contributed by atoms with Gasteiger partial charge in [-0.05, 0) is 104 Å². The summed E-state index contributed by atoms with van der Waals surface area (Å²) < 4.78 is 1.98. The lowest BCUT2D eigenvalue weighted by Crippen LogP contribution is -2.46. The second-order valence-corrected chi connectivity index (χ2v) is 15.4. The van der Waals surface area contributed by atoms with Crippen LogP contribution in [0.3, 0.4) is 0 Å². The second-order valence-electron chi connectivity index (χ2n) is 13.6. The van der Waals surface area contributed by atoms with Gasteiger partial charge in [0, 0.05) is 84.8 Å². The number of likely N-dealkylation sites (N-methyl/N-ethyl adjacent to an activating group) is 2. The zero-order valence-electron chi connectivity index (χ0n) is 28.5. The summed E-state index contributed by atoms with van der Waals surface area (Å²) in [5.74, 6) is 0. The number of pyridine rings is 2. The topological polar surface area (TPSA) is 59.0 Å². The lowest BCUT2D eigenvalue weighted by molar-refractivity contribution is 0.125. The molecule has 2 unspecified atom stereocenters. The highest BCUT2D eigenvalue weighted by atomic mass is 79.9. The number of benzene rings is 2. The Labute approximate surface area is 307 Å². The lowest BCUT2D eigenvalue weighted by Gasteiger charge is -2.38. The maximum absolute atomic E-state index is 9.98. The molecule has 0 amide bonds. The molecule has 254 valence electrons. The van der Waals surface area contributed by atoms with Gasteiger partial charge in [0.1, 0.15) is 0 Å². The van der Waals surface area contributed by atoms with Gasteiger partial charge in [0.05, 0.1) is 30.1 Å². The van der Waals surface area contributed by atoms with Crippen molar-refractivity contribution in [2.45, 2.75) is 19.0 Å². The van der Waals surface area contributed by atoms with E-state index in [0.717, 1.165) is 78.1 Å². The third-order valence-electron chi connectivity index (χ3n) is 10.3. The Morgan fingerprint density at radius 1 is 0.653 bits per heavy atom. The molecular weight excluding hydrogens is 740 g/mol. The maximum atomic E-state index is 9.98. The molecule has 0 radical (unpaired) electrons. The van der Waals surface area contributed by atoms with Crippen molar-refractivity contribution in [1.29, 1.82) is 0 Å². The van der Waals surface area contributed by atoms with Crippen LogP contribution in [0.4, 0.5) is 0 Å². The number of nitrogens with zero attached hydrogens (tertiary/aromatic N) is 6. The average molecular weight is 785 g/mol. The average Bonchev–Trinajstić information content (AvgIpc) is 3.33. The number of allylic oxidation sites excluding steroid dienone is 1. The SMILES string of the molecule is CC1=Cc2ccccc2C(N2CCN(C)CC2)c2ncc(Br)cc21.CN1CCN(C2c3ccccc3C=C(CO)c3cc(Br)cnc32)CC1. The van der Waals surface area contributed by atoms with Crippen molar-refractivity contribution in [1.82, 2.24) is 29.6 Å². The summed E-state index contributed by atoms with van der Waals surface area (Å²) in [6.07, 6.45) is 8.21. The number of hydrogen-bond donors (Lipinski definition) is 1. The third-order valence-corrected chi connectivity index (χ3v) is 11.2. The van der Waals surface area contributed by atoms with Crippen LogP contribution < -0.4 is 0 Å². The van der Waals surface area contributed by atoms with E-state index in [1.54, 1.807) is 0 Å². The Bertz CT molecular complexity index is 1880. The van der Waals surface area contributed by atoms with Crippen LogP contribution in [0.1, 0.15) is 63.8 Å². The molecule has 4 aliphatic rings.